The Hall–Kier alpha value is -3.29. The summed E-state index contributed by atoms with van der Waals surface area (Å²) in [5, 5.41) is 12.3. The average molecular weight is 491 g/mol. The third-order valence-electron chi connectivity index (χ3n) is 5.46. The molecule has 0 aromatic heterocycles. The van der Waals surface area contributed by atoms with E-state index in [1.165, 1.54) is 11.8 Å². The largest absolute Gasteiger partial charge is 0.494 e. The van der Waals surface area contributed by atoms with Crippen LogP contribution in [0.15, 0.2) is 82.9 Å². The molecule has 0 unspecified atom stereocenters. The van der Waals surface area contributed by atoms with Crippen LogP contribution < -0.4 is 20.6 Å². The number of nitrogens with one attached hydrogen (secondary N) is 1. The van der Waals surface area contributed by atoms with Gasteiger partial charge in [0.1, 0.15) is 11.4 Å². The Kier molecular flexibility index (Phi) is 6.56. The number of nitrogens with zero attached hydrogens (tertiary/aromatic N) is 3. The first-order valence-electron chi connectivity index (χ1n) is 11.1. The Morgan fingerprint density at radius 3 is 2.59 bits per heavy atom. The van der Waals surface area contributed by atoms with Crippen LogP contribution in [0.3, 0.4) is 0 Å². The molecule has 0 saturated heterocycles. The second kappa shape index (κ2) is 9.91. The lowest BCUT2D eigenvalue weighted by Crippen LogP contribution is -2.50. The standard InChI is InChI=1S/C26H23ClN4O2S/c1-2-15-33-20-13-9-18(10-14-20)24-28-22-6-4-3-5-21(22)23-25(32)29-26(30-31(23)24)34-16-17-7-11-19(27)12-8-17/h3-14,24H,2,15-16H2,1H3,(H,29,30,32)/t24-/m1/s1. The van der Waals surface area contributed by atoms with Crippen LogP contribution in [0.4, 0.5) is 0 Å². The summed E-state index contributed by atoms with van der Waals surface area (Å²) < 4.78 is 5.72. The summed E-state index contributed by atoms with van der Waals surface area (Å²) in [7, 11) is 0. The van der Waals surface area contributed by atoms with Crippen LogP contribution in [0, 0.1) is 0 Å². The highest BCUT2D eigenvalue weighted by atomic mass is 35.5. The van der Waals surface area contributed by atoms with Gasteiger partial charge in [0.15, 0.2) is 11.3 Å². The predicted molar refractivity (Wildman–Crippen MR) is 136 cm³/mol. The molecule has 2 heterocycles. The maximum absolute atomic E-state index is 13.2. The number of benzene rings is 3. The van der Waals surface area contributed by atoms with E-state index in [0.29, 0.717) is 28.2 Å². The molecule has 5 rings (SSSR count). The van der Waals surface area contributed by atoms with Gasteiger partial charge in [-0.1, -0.05) is 72.8 Å². The van der Waals surface area contributed by atoms with Crippen molar-refractivity contribution in [1.82, 2.24) is 10.3 Å². The lowest BCUT2D eigenvalue weighted by molar-refractivity contribution is -0.116. The molecule has 0 spiro atoms. The summed E-state index contributed by atoms with van der Waals surface area (Å²) in [5.41, 5.74) is 2.52. The number of rotatable bonds is 6. The molecule has 8 heteroatoms. The van der Waals surface area contributed by atoms with Crippen molar-refractivity contribution in [2.45, 2.75) is 25.3 Å². The molecule has 0 bridgehead atoms. The van der Waals surface area contributed by atoms with Crippen LogP contribution in [-0.2, 0) is 10.5 Å². The van der Waals surface area contributed by atoms with Crippen molar-refractivity contribution in [3.05, 3.63) is 99.5 Å². The summed E-state index contributed by atoms with van der Waals surface area (Å²) in [4.78, 5) is 18.2. The molecule has 34 heavy (non-hydrogen) atoms. The van der Waals surface area contributed by atoms with Crippen molar-refractivity contribution < 1.29 is 9.53 Å². The first kappa shape index (κ1) is 22.5. The van der Waals surface area contributed by atoms with Gasteiger partial charge in [-0.05, 0) is 47.9 Å². The van der Waals surface area contributed by atoms with Crippen LogP contribution in [0.1, 0.15) is 30.6 Å². The van der Waals surface area contributed by atoms with Gasteiger partial charge in [-0.15, -0.1) is 5.10 Å². The van der Waals surface area contributed by atoms with Crippen LogP contribution in [0.2, 0.25) is 5.02 Å². The minimum Gasteiger partial charge on any atom is -0.494 e. The van der Waals surface area contributed by atoms with Crippen molar-refractivity contribution >= 4 is 40.1 Å². The van der Waals surface area contributed by atoms with Gasteiger partial charge in [0.25, 0.3) is 5.91 Å². The highest BCUT2D eigenvalue weighted by Crippen LogP contribution is 2.32. The SMILES string of the molecule is CCCOc1ccc([C@@H]2N=c3ccccc3=C3C(=O)NC(SCc4ccc(Cl)cc4)=NN32)cc1. The number of amides is 1. The van der Waals surface area contributed by atoms with Gasteiger partial charge >= 0.3 is 0 Å². The Morgan fingerprint density at radius 1 is 1.06 bits per heavy atom. The number of carbonyl (C=O) groups excluding carboxylic acids is 1. The molecule has 1 N–H and O–H groups in total. The highest BCUT2D eigenvalue weighted by molar-refractivity contribution is 8.13. The minimum atomic E-state index is -0.456. The number of thioether (sulfide) groups is 1. The maximum Gasteiger partial charge on any atom is 0.276 e. The van der Waals surface area contributed by atoms with E-state index >= 15 is 0 Å². The quantitative estimate of drug-likeness (QED) is 0.562. The molecule has 6 nitrogen and oxygen atoms in total. The van der Waals surface area contributed by atoms with E-state index in [1.807, 2.05) is 72.8 Å². The second-order valence-corrected chi connectivity index (χ2v) is 9.31. The van der Waals surface area contributed by atoms with E-state index < -0.39 is 6.17 Å². The van der Waals surface area contributed by atoms with Crippen molar-refractivity contribution in [3.8, 4) is 5.75 Å². The number of hydrogen-bond donors (Lipinski definition) is 1. The zero-order valence-corrected chi connectivity index (χ0v) is 20.1. The number of carbonyl (C=O) groups is 1. The smallest absolute Gasteiger partial charge is 0.276 e. The fourth-order valence-corrected chi connectivity index (χ4v) is 4.73. The van der Waals surface area contributed by atoms with E-state index in [4.69, 9.17) is 26.4 Å². The first-order valence-corrected chi connectivity index (χ1v) is 12.4. The third-order valence-corrected chi connectivity index (χ3v) is 6.64. The number of para-hydroxylation sites is 1. The van der Waals surface area contributed by atoms with Crippen LogP contribution in [0.25, 0.3) is 5.70 Å². The lowest BCUT2D eigenvalue weighted by atomic mass is 10.1. The Morgan fingerprint density at radius 2 is 1.82 bits per heavy atom. The number of halogens is 1. The Labute approximate surface area is 207 Å². The fourth-order valence-electron chi connectivity index (χ4n) is 3.80. The molecular formula is C26H23ClN4O2S. The van der Waals surface area contributed by atoms with E-state index in [0.717, 1.165) is 33.9 Å². The molecule has 3 aromatic rings. The van der Waals surface area contributed by atoms with Gasteiger partial charge in [-0.3, -0.25) is 15.1 Å². The maximum atomic E-state index is 13.2. The van der Waals surface area contributed by atoms with Gasteiger partial charge in [-0.2, -0.15) is 0 Å². The average Bonchev–Trinajstić information content (AvgIpc) is 2.87. The Balaban J connectivity index is 1.49. The molecular weight excluding hydrogens is 468 g/mol. The van der Waals surface area contributed by atoms with Crippen molar-refractivity contribution in [2.75, 3.05) is 6.61 Å². The summed E-state index contributed by atoms with van der Waals surface area (Å²) in [6, 6.07) is 23.1. The highest BCUT2D eigenvalue weighted by Gasteiger charge is 2.34. The van der Waals surface area contributed by atoms with E-state index in [2.05, 4.69) is 12.2 Å². The number of hydrazone groups is 1. The van der Waals surface area contributed by atoms with Gasteiger partial charge < -0.3 is 4.74 Å². The first-order chi connectivity index (χ1) is 16.6. The molecule has 1 amide bonds. The van der Waals surface area contributed by atoms with Crippen molar-refractivity contribution in [3.63, 3.8) is 0 Å². The summed E-state index contributed by atoms with van der Waals surface area (Å²) in [5.74, 6) is 1.27. The van der Waals surface area contributed by atoms with Crippen molar-refractivity contribution in [2.24, 2.45) is 10.1 Å². The number of amidine groups is 1. The second-order valence-electron chi connectivity index (χ2n) is 7.91. The summed E-state index contributed by atoms with van der Waals surface area (Å²) in [6.07, 6.45) is 0.491. The molecule has 172 valence electrons. The Bertz CT molecular complexity index is 1360. The van der Waals surface area contributed by atoms with Gasteiger partial charge in [0, 0.05) is 16.0 Å². The topological polar surface area (TPSA) is 66.3 Å². The van der Waals surface area contributed by atoms with Crippen molar-refractivity contribution in [1.29, 1.82) is 0 Å². The molecule has 2 aliphatic rings. The minimum absolute atomic E-state index is 0.191. The van der Waals surface area contributed by atoms with E-state index in [1.54, 1.807) is 5.01 Å². The molecule has 0 aliphatic carbocycles. The fraction of sp³-hybridized carbons (Fsp3) is 0.192. The van der Waals surface area contributed by atoms with Crippen LogP contribution >= 0.6 is 23.4 Å². The zero-order valence-electron chi connectivity index (χ0n) is 18.6. The predicted octanol–water partition coefficient (Wildman–Crippen LogP) is 4.21. The van der Waals surface area contributed by atoms with Crippen LogP contribution in [-0.4, -0.2) is 22.7 Å². The van der Waals surface area contributed by atoms with Gasteiger partial charge in [0.05, 0.1) is 12.0 Å². The number of fused-ring (bicyclic) bond motifs is 2. The molecule has 3 aromatic carbocycles. The molecule has 2 aliphatic heterocycles. The van der Waals surface area contributed by atoms with E-state index in [-0.39, 0.29) is 5.91 Å². The summed E-state index contributed by atoms with van der Waals surface area (Å²) in [6.45, 7) is 2.75. The third kappa shape index (κ3) is 4.67. The molecule has 1 atom stereocenters. The monoisotopic (exact) mass is 490 g/mol. The normalized spacial score (nSPS) is 16.7. The number of ether oxygens (including phenoxy) is 1. The van der Waals surface area contributed by atoms with E-state index in [9.17, 15) is 4.79 Å². The van der Waals surface area contributed by atoms with Crippen LogP contribution in [0.5, 0.6) is 5.75 Å². The summed E-state index contributed by atoms with van der Waals surface area (Å²) >= 11 is 7.46. The number of hydrogen-bond acceptors (Lipinski definition) is 6. The molecule has 0 fully saturated rings. The van der Waals surface area contributed by atoms with Gasteiger partial charge in [-0.25, -0.2) is 5.01 Å². The zero-order chi connectivity index (χ0) is 23.5. The van der Waals surface area contributed by atoms with Gasteiger partial charge in [0.2, 0.25) is 0 Å². The molecule has 0 radical (unpaired) electrons. The lowest BCUT2D eigenvalue weighted by Gasteiger charge is -2.34. The molecule has 0 saturated carbocycles.